The molecule has 0 radical (unpaired) electrons. The fraction of sp³-hybridized carbons (Fsp3) is 0.316. The second-order valence-electron chi connectivity index (χ2n) is 6.17. The van der Waals surface area contributed by atoms with Crippen molar-refractivity contribution >= 4 is 39.0 Å². The van der Waals surface area contributed by atoms with Gasteiger partial charge in [0.1, 0.15) is 24.0 Å². The van der Waals surface area contributed by atoms with Gasteiger partial charge in [-0.05, 0) is 36.6 Å². The van der Waals surface area contributed by atoms with Gasteiger partial charge in [-0.1, -0.05) is 17.7 Å². The van der Waals surface area contributed by atoms with Crippen LogP contribution in [-0.2, 0) is 6.52 Å². The summed E-state index contributed by atoms with van der Waals surface area (Å²) in [5.74, 6) is -0.463. The third kappa shape index (κ3) is 4.03. The third-order valence-corrected chi connectivity index (χ3v) is 5.55. The van der Waals surface area contributed by atoms with E-state index in [0.717, 1.165) is 0 Å². The maximum Gasteiger partial charge on any atom is 0.162 e. The molecule has 138 valence electrons. The smallest absolute Gasteiger partial charge is 0.162 e. The van der Waals surface area contributed by atoms with E-state index in [2.05, 4.69) is 9.97 Å². The predicted molar refractivity (Wildman–Crippen MR) is 105 cm³/mol. The topological polar surface area (TPSA) is 64.8 Å². The molecule has 0 amide bonds. The summed E-state index contributed by atoms with van der Waals surface area (Å²) in [5, 5.41) is 10.4. The average Bonchev–Trinajstić information content (AvgIpc) is 3.08. The summed E-state index contributed by atoms with van der Waals surface area (Å²) < 4.78 is 47.5. The molecule has 1 saturated heterocycles. The van der Waals surface area contributed by atoms with E-state index < -0.39 is 18.4 Å². The Hall–Kier alpha value is -2.27. The van der Waals surface area contributed by atoms with Gasteiger partial charge in [-0.15, -0.1) is 11.3 Å². The first kappa shape index (κ1) is 13.8. The van der Waals surface area contributed by atoms with E-state index in [1.165, 1.54) is 35.1 Å². The molecule has 0 spiro atoms. The van der Waals surface area contributed by atoms with E-state index in [1.807, 2.05) is 4.90 Å². The largest absolute Gasteiger partial charge is 0.366 e. The number of rotatable bonds is 4. The molecule has 1 fully saturated rings. The van der Waals surface area contributed by atoms with E-state index in [-0.39, 0.29) is 17.6 Å². The summed E-state index contributed by atoms with van der Waals surface area (Å²) >= 11 is 7.25. The van der Waals surface area contributed by atoms with E-state index in [0.29, 0.717) is 51.9 Å². The van der Waals surface area contributed by atoms with E-state index >= 15 is 0 Å². The van der Waals surface area contributed by atoms with Gasteiger partial charge in [0.25, 0.3) is 0 Å². The van der Waals surface area contributed by atoms with Gasteiger partial charge in [0.05, 0.1) is 22.9 Å². The Balaban J connectivity index is 1.49. The molecule has 2 aromatic heterocycles. The van der Waals surface area contributed by atoms with Crippen molar-refractivity contribution < 1.29 is 9.91 Å². The summed E-state index contributed by atoms with van der Waals surface area (Å²) in [6, 6.07) is 3.94. The zero-order valence-electron chi connectivity index (χ0n) is 18.1. The highest BCUT2D eigenvalue weighted by Gasteiger charge is 2.21. The van der Waals surface area contributed by atoms with Crippen LogP contribution in [0, 0.1) is 17.1 Å². The minimum absolute atomic E-state index is 0.135. The minimum Gasteiger partial charge on any atom is -0.366 e. The summed E-state index contributed by atoms with van der Waals surface area (Å²) in [4.78, 5) is 10.2. The lowest BCUT2D eigenvalue weighted by molar-refractivity contribution is 0.211. The number of aromatic nitrogens is 2. The van der Waals surface area contributed by atoms with Crippen LogP contribution in [0.1, 0.15) is 28.1 Å². The number of likely N-dealkylation sites (tertiary alicyclic amines) is 1. The highest BCUT2D eigenvalue weighted by atomic mass is 35.5. The van der Waals surface area contributed by atoms with Crippen molar-refractivity contribution in [3.8, 4) is 6.07 Å². The summed E-state index contributed by atoms with van der Waals surface area (Å²) in [6.45, 7) is 0.207. The fourth-order valence-corrected chi connectivity index (χ4v) is 4.07. The quantitative estimate of drug-likeness (QED) is 0.695. The van der Waals surface area contributed by atoms with Crippen LogP contribution in [0.4, 0.5) is 10.2 Å². The van der Waals surface area contributed by atoms with Crippen LogP contribution in [0.2, 0.25) is 5.75 Å². The van der Waals surface area contributed by atoms with Gasteiger partial charge in [0.15, 0.2) is 1.41 Å². The Bertz CT molecular complexity index is 1180. The first-order valence-corrected chi connectivity index (χ1v) is 9.55. The third-order valence-electron chi connectivity index (χ3n) is 4.36. The number of halogens is 2. The number of anilines is 1. The van der Waals surface area contributed by atoms with Crippen molar-refractivity contribution in [2.45, 2.75) is 25.4 Å². The van der Waals surface area contributed by atoms with Gasteiger partial charge in [-0.3, -0.25) is 4.90 Å². The molecular weight excluding hydrogens is 385 g/mol. The number of fused-ring (bicyclic) bond motifs is 1. The van der Waals surface area contributed by atoms with E-state index in [9.17, 15) is 4.39 Å². The molecule has 1 aromatic carbocycles. The van der Waals surface area contributed by atoms with Gasteiger partial charge in [0.2, 0.25) is 0 Å². The van der Waals surface area contributed by atoms with Gasteiger partial charge < -0.3 is 5.31 Å². The van der Waals surface area contributed by atoms with Crippen LogP contribution in [0.3, 0.4) is 0 Å². The van der Waals surface area contributed by atoms with Gasteiger partial charge in [-0.25, -0.2) is 14.4 Å². The molecule has 0 saturated carbocycles. The summed E-state index contributed by atoms with van der Waals surface area (Å²) in [5.41, 5.74) is 0.595. The Morgan fingerprint density at radius 1 is 1.52 bits per heavy atom. The molecule has 1 atom stereocenters. The highest BCUT2D eigenvalue weighted by molar-refractivity contribution is 7.23. The Kier molecular flexibility index (Phi) is 3.98. The van der Waals surface area contributed by atoms with Crippen LogP contribution >= 0.6 is 22.9 Å². The van der Waals surface area contributed by atoms with E-state index in [1.54, 1.807) is 6.07 Å². The standard InChI is InChI=1S/C19H17ClFN5S/c20-17-8-16-18(27-17)19(24-11-23-16)25-14-3-5-26(6-4-14)10-12-1-2-15(21)13(7-12)9-22/h1-2,7-8,11,14H,3-6,10H2,(H,23,24,25)/i2D,8D,10D/hD. The second-order valence-corrected chi connectivity index (χ2v) is 7.80. The highest BCUT2D eigenvalue weighted by Crippen LogP contribution is 2.33. The monoisotopic (exact) mass is 405 g/mol. The molecule has 5 nitrogen and oxygen atoms in total. The molecule has 1 aliphatic rings. The fourth-order valence-electron chi connectivity index (χ4n) is 3.03. The van der Waals surface area contributed by atoms with E-state index in [4.69, 9.17) is 22.4 Å². The number of hydrogen-bond acceptors (Lipinski definition) is 6. The molecule has 3 aromatic rings. The second kappa shape index (κ2) is 7.77. The number of hydrogen-bond donors (Lipinski definition) is 1. The molecular formula is C19H17ClFN5S. The van der Waals surface area contributed by atoms with Crippen LogP contribution in [0.15, 0.2) is 30.5 Å². The van der Waals surface area contributed by atoms with Crippen LogP contribution in [0.25, 0.3) is 10.2 Å². The first-order chi connectivity index (χ1) is 14.8. The Morgan fingerprint density at radius 3 is 3.11 bits per heavy atom. The maximum atomic E-state index is 13.8. The molecule has 4 rings (SSSR count). The molecule has 1 unspecified atom stereocenters. The molecule has 1 N–H and O–H groups in total. The molecule has 1 aliphatic heterocycles. The maximum absolute atomic E-state index is 13.8. The first-order valence-electron chi connectivity index (χ1n) is 10.4. The molecule has 27 heavy (non-hydrogen) atoms. The number of nitrogens with one attached hydrogen (secondary N) is 1. The van der Waals surface area contributed by atoms with Crippen molar-refractivity contribution in [2.75, 3.05) is 18.4 Å². The van der Waals surface area contributed by atoms with Crippen molar-refractivity contribution in [1.29, 1.82) is 5.26 Å². The molecule has 0 bridgehead atoms. The lowest BCUT2D eigenvalue weighted by atomic mass is 10.0. The van der Waals surface area contributed by atoms with Crippen LogP contribution in [0.5, 0.6) is 0 Å². The van der Waals surface area contributed by atoms with Gasteiger partial charge in [-0.2, -0.15) is 5.26 Å². The predicted octanol–water partition coefficient (Wildman–Crippen LogP) is 4.43. The van der Waals surface area contributed by atoms with Gasteiger partial charge >= 0.3 is 0 Å². The lowest BCUT2D eigenvalue weighted by Gasteiger charge is -2.32. The molecule has 8 heteroatoms. The minimum atomic E-state index is -0.873. The molecule has 3 heterocycles. The van der Waals surface area contributed by atoms with Gasteiger partial charge in [0, 0.05) is 27.0 Å². The summed E-state index contributed by atoms with van der Waals surface area (Å²) in [7, 11) is 0. The van der Waals surface area contributed by atoms with Crippen LogP contribution < -0.4 is 5.31 Å². The zero-order chi connectivity index (χ0) is 22.3. The number of nitrogens with zero attached hydrogens (tertiary/aromatic N) is 4. The SMILES string of the molecule is [2H]c1cc(C([2H])N2CCC(N([2H])c3ncnc4c([2H])c(Cl)sc34)CC2)cc(C#N)c1F. The van der Waals surface area contributed by atoms with Crippen molar-refractivity contribution in [3.05, 3.63) is 51.8 Å². The average molecular weight is 406 g/mol. The number of benzene rings is 1. The lowest BCUT2D eigenvalue weighted by Crippen LogP contribution is -2.38. The van der Waals surface area contributed by atoms with Crippen molar-refractivity contribution in [2.24, 2.45) is 0 Å². The normalized spacial score (nSPS) is 19.0. The Labute approximate surface area is 171 Å². The van der Waals surface area contributed by atoms with Crippen molar-refractivity contribution in [1.82, 2.24) is 14.9 Å². The van der Waals surface area contributed by atoms with Crippen LogP contribution in [-0.4, -0.2) is 34.0 Å². The number of thiophene rings is 1. The molecule has 0 aliphatic carbocycles. The number of nitriles is 1. The Morgan fingerprint density at radius 2 is 2.33 bits per heavy atom. The summed E-state index contributed by atoms with van der Waals surface area (Å²) in [6.07, 6.45) is 2.52. The number of piperidine rings is 1. The van der Waals surface area contributed by atoms with Crippen molar-refractivity contribution in [3.63, 3.8) is 0 Å². The zero-order valence-corrected chi connectivity index (χ0v) is 15.7.